The Morgan fingerprint density at radius 1 is 1.38 bits per heavy atom. The fourth-order valence-electron chi connectivity index (χ4n) is 2.29. The van der Waals surface area contributed by atoms with Crippen LogP contribution in [0.3, 0.4) is 0 Å². The monoisotopic (exact) mass is 307 g/mol. The van der Waals surface area contributed by atoms with Crippen LogP contribution in [0.25, 0.3) is 0 Å². The van der Waals surface area contributed by atoms with Crippen LogP contribution < -0.4 is 0 Å². The van der Waals surface area contributed by atoms with E-state index in [9.17, 15) is 8.42 Å². The third-order valence-electron chi connectivity index (χ3n) is 3.51. The second-order valence-electron chi connectivity index (χ2n) is 5.20. The Labute approximate surface area is 126 Å². The third kappa shape index (κ3) is 3.65. The van der Waals surface area contributed by atoms with Crippen LogP contribution >= 0.6 is 0 Å². The fourth-order valence-corrected chi connectivity index (χ4v) is 4.24. The molecule has 4 nitrogen and oxygen atoms in total. The summed E-state index contributed by atoms with van der Waals surface area (Å²) in [7, 11) is -3.46. The second kappa shape index (κ2) is 6.61. The molecule has 0 aromatic heterocycles. The maximum absolute atomic E-state index is 12.8. The molecule has 5 heteroatoms. The van der Waals surface area contributed by atoms with E-state index in [-0.39, 0.29) is 12.6 Å². The quantitative estimate of drug-likeness (QED) is 0.845. The van der Waals surface area contributed by atoms with Gasteiger partial charge in [0.15, 0.2) is 0 Å². The highest BCUT2D eigenvalue weighted by molar-refractivity contribution is 7.89. The van der Waals surface area contributed by atoms with Gasteiger partial charge in [0.25, 0.3) is 0 Å². The van der Waals surface area contributed by atoms with Crippen molar-refractivity contribution in [1.82, 2.24) is 4.31 Å². The van der Waals surface area contributed by atoms with Gasteiger partial charge in [-0.15, -0.1) is 0 Å². The fraction of sp³-hybridized carbons (Fsp3) is 0.500. The van der Waals surface area contributed by atoms with E-state index in [0.717, 1.165) is 18.4 Å². The number of rotatable bonds is 5. The Kier molecular flexibility index (Phi) is 5.04. The molecule has 0 bridgehead atoms. The van der Waals surface area contributed by atoms with Crippen molar-refractivity contribution in [2.75, 3.05) is 13.2 Å². The maximum Gasteiger partial charge on any atom is 0.243 e. The average Bonchev–Trinajstić information content (AvgIpc) is 3.26. The molecule has 1 aromatic rings. The van der Waals surface area contributed by atoms with E-state index in [1.807, 2.05) is 13.0 Å². The molecule has 0 unspecified atom stereocenters. The summed E-state index contributed by atoms with van der Waals surface area (Å²) in [5.74, 6) is 5.71. The Morgan fingerprint density at radius 3 is 2.67 bits per heavy atom. The maximum atomic E-state index is 12.8. The van der Waals surface area contributed by atoms with E-state index in [2.05, 4.69) is 11.8 Å². The minimum Gasteiger partial charge on any atom is -0.395 e. The van der Waals surface area contributed by atoms with E-state index in [0.29, 0.717) is 23.4 Å². The molecule has 1 N–H and O–H groups in total. The van der Waals surface area contributed by atoms with Gasteiger partial charge in [-0.3, -0.25) is 0 Å². The van der Waals surface area contributed by atoms with Crippen molar-refractivity contribution in [3.63, 3.8) is 0 Å². The van der Waals surface area contributed by atoms with Gasteiger partial charge in [-0.25, -0.2) is 8.42 Å². The summed E-state index contributed by atoms with van der Waals surface area (Å²) in [4.78, 5) is 0.340. The van der Waals surface area contributed by atoms with Gasteiger partial charge in [0.2, 0.25) is 10.0 Å². The lowest BCUT2D eigenvalue weighted by molar-refractivity contribution is 0.305. The standard InChI is InChI=1S/C16H21NO3S/c1-3-17(15-9-10-15)21(19,20)16-12-14(6-4-5-11-18)8-7-13(16)2/h7-8,12,15,18H,3,5,9-11H2,1-2H3. The summed E-state index contributed by atoms with van der Waals surface area (Å²) in [5.41, 5.74) is 1.40. The zero-order valence-corrected chi connectivity index (χ0v) is 13.3. The van der Waals surface area contributed by atoms with Crippen molar-refractivity contribution in [3.8, 4) is 11.8 Å². The first-order valence-corrected chi connectivity index (χ1v) is 8.67. The molecular weight excluding hydrogens is 286 g/mol. The van der Waals surface area contributed by atoms with Crippen molar-refractivity contribution in [1.29, 1.82) is 0 Å². The zero-order valence-electron chi connectivity index (χ0n) is 12.5. The summed E-state index contributed by atoms with van der Waals surface area (Å²) >= 11 is 0. The number of aryl methyl sites for hydroxylation is 1. The van der Waals surface area contributed by atoms with Crippen LogP contribution in [0.5, 0.6) is 0 Å². The summed E-state index contributed by atoms with van der Waals surface area (Å²) in [6.45, 7) is 4.18. The molecule has 1 saturated carbocycles. The average molecular weight is 307 g/mol. The van der Waals surface area contributed by atoms with E-state index >= 15 is 0 Å². The van der Waals surface area contributed by atoms with Gasteiger partial charge < -0.3 is 5.11 Å². The van der Waals surface area contributed by atoms with Crippen LogP contribution in [-0.4, -0.2) is 37.0 Å². The van der Waals surface area contributed by atoms with Crippen molar-refractivity contribution in [3.05, 3.63) is 29.3 Å². The predicted molar refractivity (Wildman–Crippen MR) is 82.3 cm³/mol. The van der Waals surface area contributed by atoms with Crippen LogP contribution in [-0.2, 0) is 10.0 Å². The van der Waals surface area contributed by atoms with E-state index in [4.69, 9.17) is 5.11 Å². The Balaban J connectivity index is 2.38. The molecule has 0 heterocycles. The number of sulfonamides is 1. The van der Waals surface area contributed by atoms with Crippen molar-refractivity contribution in [2.45, 2.75) is 44.0 Å². The highest BCUT2D eigenvalue weighted by Gasteiger charge is 2.37. The molecule has 0 atom stereocenters. The number of nitrogens with zero attached hydrogens (tertiary/aromatic N) is 1. The van der Waals surface area contributed by atoms with E-state index in [1.165, 1.54) is 0 Å². The minimum absolute atomic E-state index is 0.00924. The molecule has 1 aliphatic carbocycles. The number of hydrogen-bond donors (Lipinski definition) is 1. The molecule has 0 saturated heterocycles. The Morgan fingerprint density at radius 2 is 2.10 bits per heavy atom. The minimum atomic E-state index is -3.46. The lowest BCUT2D eigenvalue weighted by Crippen LogP contribution is -2.33. The molecule has 0 aliphatic heterocycles. The first-order valence-electron chi connectivity index (χ1n) is 7.23. The second-order valence-corrected chi connectivity index (χ2v) is 7.05. The molecular formula is C16H21NO3S. The molecule has 1 fully saturated rings. The van der Waals surface area contributed by atoms with Gasteiger partial charge in [0.1, 0.15) is 0 Å². The third-order valence-corrected chi connectivity index (χ3v) is 5.68. The van der Waals surface area contributed by atoms with Gasteiger partial charge >= 0.3 is 0 Å². The molecule has 1 aromatic carbocycles. The molecule has 2 rings (SSSR count). The van der Waals surface area contributed by atoms with Crippen molar-refractivity contribution >= 4 is 10.0 Å². The zero-order chi connectivity index (χ0) is 15.5. The summed E-state index contributed by atoms with van der Waals surface area (Å²) in [5, 5.41) is 8.74. The lowest BCUT2D eigenvalue weighted by atomic mass is 10.1. The van der Waals surface area contributed by atoms with Crippen LogP contribution in [0.15, 0.2) is 23.1 Å². The summed E-state index contributed by atoms with van der Waals surface area (Å²) in [6.07, 6.45) is 2.28. The first kappa shape index (κ1) is 16.0. The predicted octanol–water partition coefficient (Wildman–Crippen LogP) is 1.90. The molecule has 0 spiro atoms. The van der Waals surface area contributed by atoms with Crippen LogP contribution in [0, 0.1) is 18.8 Å². The summed E-state index contributed by atoms with van der Waals surface area (Å²) in [6, 6.07) is 5.39. The molecule has 21 heavy (non-hydrogen) atoms. The van der Waals surface area contributed by atoms with Gasteiger partial charge in [0, 0.05) is 24.6 Å². The smallest absolute Gasteiger partial charge is 0.243 e. The van der Waals surface area contributed by atoms with Crippen LogP contribution in [0.2, 0.25) is 0 Å². The van der Waals surface area contributed by atoms with Gasteiger partial charge in [-0.1, -0.05) is 24.8 Å². The number of benzene rings is 1. The number of aliphatic hydroxyl groups is 1. The highest BCUT2D eigenvalue weighted by Crippen LogP contribution is 2.32. The van der Waals surface area contributed by atoms with Crippen LogP contribution in [0.1, 0.15) is 37.3 Å². The van der Waals surface area contributed by atoms with Crippen molar-refractivity contribution < 1.29 is 13.5 Å². The largest absolute Gasteiger partial charge is 0.395 e. The van der Waals surface area contributed by atoms with Crippen molar-refractivity contribution in [2.24, 2.45) is 0 Å². The Hall–Kier alpha value is -1.35. The molecule has 1 aliphatic rings. The first-order chi connectivity index (χ1) is 10.0. The lowest BCUT2D eigenvalue weighted by Gasteiger charge is -2.21. The Bertz CT molecular complexity index is 666. The number of hydrogen-bond acceptors (Lipinski definition) is 3. The van der Waals surface area contributed by atoms with Gasteiger partial charge in [0.05, 0.1) is 11.5 Å². The number of aliphatic hydroxyl groups excluding tert-OH is 1. The molecule has 0 amide bonds. The molecule has 114 valence electrons. The topological polar surface area (TPSA) is 57.6 Å². The van der Waals surface area contributed by atoms with E-state index in [1.54, 1.807) is 23.4 Å². The van der Waals surface area contributed by atoms with E-state index < -0.39 is 10.0 Å². The van der Waals surface area contributed by atoms with Gasteiger partial charge in [-0.05, 0) is 37.5 Å². The van der Waals surface area contributed by atoms with Crippen LogP contribution in [0.4, 0.5) is 0 Å². The van der Waals surface area contributed by atoms with Gasteiger partial charge in [-0.2, -0.15) is 4.31 Å². The summed E-state index contributed by atoms with van der Waals surface area (Å²) < 4.78 is 27.2. The normalized spacial score (nSPS) is 14.9. The SMILES string of the molecule is CCN(C1CC1)S(=O)(=O)c1cc(C#CCCO)ccc1C. The molecule has 0 radical (unpaired) electrons. The highest BCUT2D eigenvalue weighted by atomic mass is 32.2.